The second-order valence-electron chi connectivity index (χ2n) is 6.28. The van der Waals surface area contributed by atoms with E-state index < -0.39 is 17.2 Å². The van der Waals surface area contributed by atoms with Crippen LogP contribution in [0.4, 0.5) is 8.78 Å². The molecule has 1 amide bonds. The molecular formula is C19H14F2N4O. The molecule has 1 aromatic carbocycles. The monoisotopic (exact) mass is 352 g/mol. The summed E-state index contributed by atoms with van der Waals surface area (Å²) in [5.74, 6) is -2.28. The molecule has 2 heterocycles. The van der Waals surface area contributed by atoms with Crippen molar-refractivity contribution in [3.63, 3.8) is 0 Å². The maximum atomic E-state index is 14.1. The number of carbonyl (C=O) groups is 1. The Morgan fingerprint density at radius 2 is 2.00 bits per heavy atom. The van der Waals surface area contributed by atoms with E-state index in [1.165, 1.54) is 10.6 Å². The van der Waals surface area contributed by atoms with Gasteiger partial charge in [0, 0.05) is 17.6 Å². The highest BCUT2D eigenvalue weighted by molar-refractivity contribution is 5.99. The third-order valence-electron chi connectivity index (χ3n) is 4.63. The maximum Gasteiger partial charge on any atom is 0.268 e. The Labute approximate surface area is 147 Å². The molecular weight excluding hydrogens is 338 g/mol. The van der Waals surface area contributed by atoms with Crippen LogP contribution in [0.2, 0.25) is 0 Å². The molecule has 1 aliphatic carbocycles. The van der Waals surface area contributed by atoms with Crippen LogP contribution in [0.3, 0.4) is 0 Å². The molecule has 1 fully saturated rings. The fourth-order valence-electron chi connectivity index (χ4n) is 3.07. The first kappa shape index (κ1) is 16.2. The second-order valence-corrected chi connectivity index (χ2v) is 6.28. The van der Waals surface area contributed by atoms with Gasteiger partial charge >= 0.3 is 0 Å². The van der Waals surface area contributed by atoms with Gasteiger partial charge in [-0.2, -0.15) is 5.26 Å². The lowest BCUT2D eigenvalue weighted by Gasteiger charge is -2.26. The summed E-state index contributed by atoms with van der Waals surface area (Å²) in [5, 5.41) is 12.5. The third-order valence-corrected chi connectivity index (χ3v) is 4.63. The number of aromatic nitrogens is 2. The fourth-order valence-corrected chi connectivity index (χ4v) is 3.07. The minimum Gasteiger partial charge on any atom is -0.348 e. The van der Waals surface area contributed by atoms with E-state index in [1.54, 1.807) is 24.4 Å². The summed E-state index contributed by atoms with van der Waals surface area (Å²) in [6, 6.07) is 8.83. The third kappa shape index (κ3) is 2.60. The Morgan fingerprint density at radius 1 is 1.27 bits per heavy atom. The molecule has 0 unspecified atom stereocenters. The number of nitriles is 1. The minimum absolute atomic E-state index is 0.103. The van der Waals surface area contributed by atoms with Gasteiger partial charge in [-0.3, -0.25) is 9.36 Å². The van der Waals surface area contributed by atoms with E-state index in [1.807, 2.05) is 0 Å². The fraction of sp³-hybridized carbons (Fsp3) is 0.211. The number of rotatable bonds is 3. The van der Waals surface area contributed by atoms with E-state index in [0.717, 1.165) is 31.4 Å². The molecule has 0 radical (unpaired) electrons. The van der Waals surface area contributed by atoms with Crippen LogP contribution in [0.5, 0.6) is 0 Å². The summed E-state index contributed by atoms with van der Waals surface area (Å²) in [6.07, 6.45) is 4.46. The number of hydrogen-bond donors (Lipinski definition) is 1. The lowest BCUT2D eigenvalue weighted by atomic mass is 9.93. The normalized spacial score (nSPS) is 14.0. The Bertz CT molecular complexity index is 1040. The second kappa shape index (κ2) is 6.23. The average Bonchev–Trinajstić information content (AvgIpc) is 2.97. The highest BCUT2D eigenvalue weighted by atomic mass is 19.1. The molecule has 130 valence electrons. The number of fused-ring (bicyclic) bond motifs is 1. The van der Waals surface area contributed by atoms with Crippen LogP contribution in [-0.4, -0.2) is 21.5 Å². The molecule has 26 heavy (non-hydrogen) atoms. The van der Waals surface area contributed by atoms with Crippen molar-refractivity contribution in [2.45, 2.75) is 25.3 Å². The Kier molecular flexibility index (Phi) is 3.88. The van der Waals surface area contributed by atoms with Crippen LogP contribution in [0.1, 0.15) is 35.3 Å². The smallest absolute Gasteiger partial charge is 0.268 e. The largest absolute Gasteiger partial charge is 0.348 e. The van der Waals surface area contributed by atoms with E-state index in [4.69, 9.17) is 5.26 Å². The zero-order chi connectivity index (χ0) is 18.3. The topological polar surface area (TPSA) is 70.7 Å². The highest BCUT2D eigenvalue weighted by Gasteiger charge is 2.24. The summed E-state index contributed by atoms with van der Waals surface area (Å²) >= 11 is 0. The molecule has 7 heteroatoms. The lowest BCUT2D eigenvalue weighted by molar-refractivity contribution is 0.0910. The first-order valence-corrected chi connectivity index (χ1v) is 8.25. The lowest BCUT2D eigenvalue weighted by Crippen LogP contribution is -2.40. The number of halogens is 2. The Morgan fingerprint density at radius 3 is 2.62 bits per heavy atom. The van der Waals surface area contributed by atoms with E-state index in [-0.39, 0.29) is 23.3 Å². The van der Waals surface area contributed by atoms with Gasteiger partial charge in [-0.1, -0.05) is 0 Å². The predicted molar refractivity (Wildman–Crippen MR) is 90.8 cm³/mol. The van der Waals surface area contributed by atoms with Crippen molar-refractivity contribution in [3.05, 3.63) is 59.4 Å². The number of benzene rings is 1. The molecule has 1 saturated carbocycles. The zero-order valence-electron chi connectivity index (χ0n) is 13.7. The summed E-state index contributed by atoms with van der Waals surface area (Å²) < 4.78 is 29.6. The van der Waals surface area contributed by atoms with Crippen molar-refractivity contribution in [1.29, 1.82) is 5.26 Å². The number of hydrogen-bond acceptors (Lipinski definition) is 3. The summed E-state index contributed by atoms with van der Waals surface area (Å²) in [7, 11) is 0. The molecule has 0 saturated heterocycles. The van der Waals surface area contributed by atoms with Gasteiger partial charge in [-0.15, -0.1) is 0 Å². The van der Waals surface area contributed by atoms with Gasteiger partial charge in [-0.05, 0) is 49.6 Å². The molecule has 3 aromatic rings. The number of nitrogens with zero attached hydrogens (tertiary/aromatic N) is 3. The molecule has 0 atom stereocenters. The van der Waals surface area contributed by atoms with Crippen LogP contribution in [-0.2, 0) is 0 Å². The first-order valence-electron chi connectivity index (χ1n) is 8.25. The van der Waals surface area contributed by atoms with Gasteiger partial charge in [0.25, 0.3) is 5.91 Å². The van der Waals surface area contributed by atoms with Crippen molar-refractivity contribution < 1.29 is 13.6 Å². The Balaban J connectivity index is 1.89. The zero-order valence-corrected chi connectivity index (χ0v) is 13.7. The minimum atomic E-state index is -0.981. The van der Waals surface area contributed by atoms with E-state index >= 15 is 0 Å². The summed E-state index contributed by atoms with van der Waals surface area (Å²) in [4.78, 5) is 17.0. The van der Waals surface area contributed by atoms with Crippen LogP contribution < -0.4 is 5.32 Å². The number of nitrogens with one attached hydrogen (secondary N) is 1. The molecule has 5 nitrogen and oxygen atoms in total. The molecule has 1 aliphatic rings. The predicted octanol–water partition coefficient (Wildman–Crippen LogP) is 3.46. The maximum absolute atomic E-state index is 14.1. The van der Waals surface area contributed by atoms with Crippen molar-refractivity contribution in [2.24, 2.45) is 0 Å². The van der Waals surface area contributed by atoms with Crippen molar-refractivity contribution in [2.75, 3.05) is 0 Å². The SMILES string of the molecule is N#Cc1c(F)cc(-n2c(C(=O)NC3CCC3)cc3cccnc32)cc1F. The highest BCUT2D eigenvalue weighted by Crippen LogP contribution is 2.26. The van der Waals surface area contributed by atoms with Crippen LogP contribution in [0.15, 0.2) is 36.5 Å². The molecule has 2 aromatic heterocycles. The van der Waals surface area contributed by atoms with E-state index in [9.17, 15) is 13.6 Å². The van der Waals surface area contributed by atoms with Crippen molar-refractivity contribution >= 4 is 16.9 Å². The molecule has 0 bridgehead atoms. The van der Waals surface area contributed by atoms with Gasteiger partial charge in [0.2, 0.25) is 0 Å². The first-order chi connectivity index (χ1) is 12.6. The van der Waals surface area contributed by atoms with E-state index in [2.05, 4.69) is 10.3 Å². The van der Waals surface area contributed by atoms with Crippen molar-refractivity contribution in [1.82, 2.24) is 14.9 Å². The number of amides is 1. The van der Waals surface area contributed by atoms with Crippen LogP contribution in [0, 0.1) is 23.0 Å². The van der Waals surface area contributed by atoms with Crippen LogP contribution >= 0.6 is 0 Å². The van der Waals surface area contributed by atoms with Gasteiger partial charge in [0.15, 0.2) is 0 Å². The number of carbonyl (C=O) groups excluding carboxylic acids is 1. The summed E-state index contributed by atoms with van der Waals surface area (Å²) in [5.41, 5.74) is 0.106. The van der Waals surface area contributed by atoms with Crippen molar-refractivity contribution in [3.8, 4) is 11.8 Å². The van der Waals surface area contributed by atoms with Gasteiger partial charge < -0.3 is 5.32 Å². The van der Waals surface area contributed by atoms with Crippen LogP contribution in [0.25, 0.3) is 16.7 Å². The standard InChI is InChI=1S/C19H14F2N4O/c20-15-8-13(9-16(21)14(15)10-22)25-17(19(26)24-12-4-1-5-12)7-11-3-2-6-23-18(11)25/h2-3,6-9,12H,1,4-5H2,(H,24,26). The molecule has 0 aliphatic heterocycles. The Hall–Kier alpha value is -3.27. The average molecular weight is 352 g/mol. The van der Waals surface area contributed by atoms with E-state index in [0.29, 0.717) is 11.0 Å². The molecule has 4 rings (SSSR count). The summed E-state index contributed by atoms with van der Waals surface area (Å²) in [6.45, 7) is 0. The van der Waals surface area contributed by atoms with Gasteiger partial charge in [0.1, 0.15) is 34.6 Å². The van der Waals surface area contributed by atoms with Gasteiger partial charge in [-0.25, -0.2) is 13.8 Å². The quantitative estimate of drug-likeness (QED) is 0.785. The molecule has 0 spiro atoms. The number of pyridine rings is 1. The molecule has 1 N–H and O–H groups in total. The van der Waals surface area contributed by atoms with Gasteiger partial charge in [0.05, 0.1) is 5.69 Å².